The van der Waals surface area contributed by atoms with Crippen LogP contribution in [0.2, 0.25) is 5.02 Å². The van der Waals surface area contributed by atoms with E-state index in [0.29, 0.717) is 13.1 Å². The van der Waals surface area contributed by atoms with E-state index in [1.807, 2.05) is 0 Å². The molecule has 0 heterocycles. The quantitative estimate of drug-likeness (QED) is 0.764. The third-order valence-corrected chi connectivity index (χ3v) is 2.58. The highest BCUT2D eigenvalue weighted by Crippen LogP contribution is 2.16. The lowest BCUT2D eigenvalue weighted by molar-refractivity contribution is -0.120. The zero-order valence-electron chi connectivity index (χ0n) is 9.72. The molecule has 17 heavy (non-hydrogen) atoms. The zero-order chi connectivity index (χ0) is 12.7. The molecule has 0 radical (unpaired) electrons. The Hall–Kier alpha value is -1.13. The molecule has 5 heteroatoms. The van der Waals surface area contributed by atoms with E-state index < -0.39 is 5.82 Å². The van der Waals surface area contributed by atoms with Crippen molar-refractivity contribution in [2.24, 2.45) is 0 Å². The van der Waals surface area contributed by atoms with E-state index in [4.69, 9.17) is 11.6 Å². The zero-order valence-corrected chi connectivity index (χ0v) is 10.5. The van der Waals surface area contributed by atoms with Crippen LogP contribution in [0.25, 0.3) is 0 Å². The second-order valence-electron chi connectivity index (χ2n) is 3.73. The molecule has 0 spiro atoms. The van der Waals surface area contributed by atoms with Gasteiger partial charge in [-0.25, -0.2) is 4.39 Å². The summed E-state index contributed by atoms with van der Waals surface area (Å²) in [6, 6.07) is 4.68. The van der Waals surface area contributed by atoms with Crippen molar-refractivity contribution in [3.8, 4) is 0 Å². The number of halogens is 2. The lowest BCUT2D eigenvalue weighted by Gasteiger charge is -2.05. The van der Waals surface area contributed by atoms with Gasteiger partial charge in [0, 0.05) is 6.54 Å². The average Bonchev–Trinajstić information content (AvgIpc) is 2.29. The van der Waals surface area contributed by atoms with Crippen LogP contribution < -0.4 is 10.6 Å². The van der Waals surface area contributed by atoms with E-state index in [-0.39, 0.29) is 10.9 Å². The number of aryl methyl sites for hydroxylation is 1. The molecule has 1 aromatic rings. The van der Waals surface area contributed by atoms with Gasteiger partial charge in [-0.3, -0.25) is 4.79 Å². The molecule has 0 atom stereocenters. The van der Waals surface area contributed by atoms with Crippen LogP contribution in [0.1, 0.15) is 12.0 Å². The first-order valence-corrected chi connectivity index (χ1v) is 5.86. The first kappa shape index (κ1) is 13.9. The number of nitrogens with one attached hydrogen (secondary N) is 2. The smallest absolute Gasteiger partial charge is 0.233 e. The molecule has 3 nitrogen and oxygen atoms in total. The van der Waals surface area contributed by atoms with Gasteiger partial charge in [-0.05, 0) is 37.6 Å². The predicted molar refractivity (Wildman–Crippen MR) is 66.7 cm³/mol. The highest BCUT2D eigenvalue weighted by atomic mass is 35.5. The van der Waals surface area contributed by atoms with Crippen LogP contribution in [-0.2, 0) is 11.2 Å². The molecule has 0 aliphatic heterocycles. The fourth-order valence-corrected chi connectivity index (χ4v) is 1.64. The summed E-state index contributed by atoms with van der Waals surface area (Å²) in [5.41, 5.74) is 0.972. The van der Waals surface area contributed by atoms with Gasteiger partial charge >= 0.3 is 0 Å². The molecule has 0 aliphatic rings. The monoisotopic (exact) mass is 258 g/mol. The summed E-state index contributed by atoms with van der Waals surface area (Å²) in [6.45, 7) is 0.928. The van der Waals surface area contributed by atoms with Gasteiger partial charge in [0.15, 0.2) is 0 Å². The second-order valence-corrected chi connectivity index (χ2v) is 4.14. The Labute approximate surface area is 105 Å². The van der Waals surface area contributed by atoms with Gasteiger partial charge in [0.05, 0.1) is 11.6 Å². The molecule has 1 amide bonds. The first-order chi connectivity index (χ1) is 8.13. The Bertz CT molecular complexity index is 385. The van der Waals surface area contributed by atoms with Crippen LogP contribution >= 0.6 is 11.6 Å². The maximum atomic E-state index is 12.9. The number of hydrogen-bond acceptors (Lipinski definition) is 2. The Kier molecular flexibility index (Phi) is 5.94. The van der Waals surface area contributed by atoms with Crippen LogP contribution in [0.5, 0.6) is 0 Å². The van der Waals surface area contributed by atoms with Crippen molar-refractivity contribution < 1.29 is 9.18 Å². The Balaban J connectivity index is 2.26. The molecular weight excluding hydrogens is 243 g/mol. The van der Waals surface area contributed by atoms with E-state index in [2.05, 4.69) is 10.6 Å². The molecule has 1 aromatic carbocycles. The lowest BCUT2D eigenvalue weighted by atomic mass is 10.1. The minimum absolute atomic E-state index is 0.0235. The summed E-state index contributed by atoms with van der Waals surface area (Å²) in [5, 5.41) is 5.68. The third-order valence-electron chi connectivity index (χ3n) is 2.29. The van der Waals surface area contributed by atoms with Crippen molar-refractivity contribution in [1.82, 2.24) is 10.6 Å². The highest BCUT2D eigenvalue weighted by Gasteiger charge is 2.01. The Morgan fingerprint density at radius 1 is 1.47 bits per heavy atom. The normalized spacial score (nSPS) is 10.3. The number of benzene rings is 1. The van der Waals surface area contributed by atoms with Crippen LogP contribution in [0.3, 0.4) is 0 Å². The van der Waals surface area contributed by atoms with Crippen molar-refractivity contribution in [3.63, 3.8) is 0 Å². The second kappa shape index (κ2) is 7.25. The van der Waals surface area contributed by atoms with Gasteiger partial charge in [-0.1, -0.05) is 17.7 Å². The molecular formula is C12H16ClFN2O. The number of carbonyl (C=O) groups excluding carboxylic acids is 1. The topological polar surface area (TPSA) is 41.1 Å². The largest absolute Gasteiger partial charge is 0.355 e. The molecule has 94 valence electrons. The molecule has 0 aromatic heterocycles. The Morgan fingerprint density at radius 3 is 2.88 bits per heavy atom. The standard InChI is InChI=1S/C12H16ClFN2O/c1-15-8-12(17)16-6-2-3-9-4-5-11(14)10(13)7-9/h4-5,7,15H,2-3,6,8H2,1H3,(H,16,17). The molecule has 0 saturated heterocycles. The van der Waals surface area contributed by atoms with Crippen LogP contribution in [0, 0.1) is 5.82 Å². The molecule has 0 fully saturated rings. The number of rotatable bonds is 6. The van der Waals surface area contributed by atoms with Crippen molar-refractivity contribution in [1.29, 1.82) is 0 Å². The van der Waals surface area contributed by atoms with E-state index >= 15 is 0 Å². The van der Waals surface area contributed by atoms with E-state index in [0.717, 1.165) is 18.4 Å². The molecule has 0 aliphatic carbocycles. The van der Waals surface area contributed by atoms with E-state index in [9.17, 15) is 9.18 Å². The van der Waals surface area contributed by atoms with E-state index in [1.165, 1.54) is 6.07 Å². The molecule has 0 bridgehead atoms. The number of hydrogen-bond donors (Lipinski definition) is 2. The van der Waals surface area contributed by atoms with Crippen molar-refractivity contribution >= 4 is 17.5 Å². The van der Waals surface area contributed by atoms with Gasteiger partial charge < -0.3 is 10.6 Å². The SMILES string of the molecule is CNCC(=O)NCCCc1ccc(F)c(Cl)c1. The van der Waals surface area contributed by atoms with Gasteiger partial charge in [0.1, 0.15) is 5.82 Å². The number of amides is 1. The van der Waals surface area contributed by atoms with E-state index in [1.54, 1.807) is 19.2 Å². The Morgan fingerprint density at radius 2 is 2.24 bits per heavy atom. The van der Waals surface area contributed by atoms with Crippen LogP contribution in [0.15, 0.2) is 18.2 Å². The summed E-state index contributed by atoms with van der Waals surface area (Å²) in [7, 11) is 1.72. The fourth-order valence-electron chi connectivity index (χ4n) is 1.44. The summed E-state index contributed by atoms with van der Waals surface area (Å²) in [4.78, 5) is 11.1. The highest BCUT2D eigenvalue weighted by molar-refractivity contribution is 6.30. The molecule has 2 N–H and O–H groups in total. The maximum Gasteiger partial charge on any atom is 0.233 e. The summed E-state index contributed by atoms with van der Waals surface area (Å²) >= 11 is 5.67. The van der Waals surface area contributed by atoms with Crippen molar-refractivity contribution in [2.45, 2.75) is 12.8 Å². The van der Waals surface area contributed by atoms with Crippen molar-refractivity contribution in [3.05, 3.63) is 34.6 Å². The minimum Gasteiger partial charge on any atom is -0.355 e. The van der Waals surface area contributed by atoms with Gasteiger partial charge in [-0.2, -0.15) is 0 Å². The summed E-state index contributed by atoms with van der Waals surface area (Å²) in [5.74, 6) is -0.428. The number of carbonyl (C=O) groups is 1. The average molecular weight is 259 g/mol. The van der Waals surface area contributed by atoms with Crippen LogP contribution in [-0.4, -0.2) is 26.0 Å². The minimum atomic E-state index is -0.405. The maximum absolute atomic E-state index is 12.9. The third kappa shape index (κ3) is 5.15. The van der Waals surface area contributed by atoms with Crippen LogP contribution in [0.4, 0.5) is 4.39 Å². The first-order valence-electron chi connectivity index (χ1n) is 5.48. The number of likely N-dealkylation sites (N-methyl/N-ethyl adjacent to an activating group) is 1. The molecule has 1 rings (SSSR count). The van der Waals surface area contributed by atoms with Gasteiger partial charge in [-0.15, -0.1) is 0 Å². The summed E-state index contributed by atoms with van der Waals surface area (Å²) < 4.78 is 12.9. The van der Waals surface area contributed by atoms with Crippen molar-refractivity contribution in [2.75, 3.05) is 20.1 Å². The lowest BCUT2D eigenvalue weighted by Crippen LogP contribution is -2.32. The molecule has 0 unspecified atom stereocenters. The summed E-state index contributed by atoms with van der Waals surface area (Å²) in [6.07, 6.45) is 1.57. The molecule has 0 saturated carbocycles. The predicted octanol–water partition coefficient (Wildman–Crippen LogP) is 1.75. The fraction of sp³-hybridized carbons (Fsp3) is 0.417. The van der Waals surface area contributed by atoms with Gasteiger partial charge in [0.2, 0.25) is 5.91 Å². The van der Waals surface area contributed by atoms with Gasteiger partial charge in [0.25, 0.3) is 0 Å².